The molecule has 4 rings (SSSR count). The van der Waals surface area contributed by atoms with Gasteiger partial charge >= 0.3 is 0 Å². The molecule has 190 valence electrons. The van der Waals surface area contributed by atoms with Gasteiger partial charge in [-0.2, -0.15) is 0 Å². The van der Waals surface area contributed by atoms with Gasteiger partial charge in [0.05, 0.1) is 27.0 Å². The number of halogens is 1. The van der Waals surface area contributed by atoms with E-state index in [9.17, 15) is 4.79 Å². The van der Waals surface area contributed by atoms with Crippen LogP contribution < -0.4 is 19.5 Å². The second kappa shape index (κ2) is 12.4. The second-order valence-corrected chi connectivity index (χ2v) is 9.24. The smallest absolute Gasteiger partial charge is 0.225 e. The number of nitrogens with zero attached hydrogens (tertiary/aromatic N) is 3. The van der Waals surface area contributed by atoms with Crippen LogP contribution in [0, 0.1) is 0 Å². The van der Waals surface area contributed by atoms with Gasteiger partial charge in [-0.1, -0.05) is 23.4 Å². The summed E-state index contributed by atoms with van der Waals surface area (Å²) in [5, 5.41) is 12.6. The van der Waals surface area contributed by atoms with Crippen molar-refractivity contribution >= 4 is 35.0 Å². The first-order valence-corrected chi connectivity index (χ1v) is 12.7. The largest absolute Gasteiger partial charge is 0.497 e. The lowest BCUT2D eigenvalue weighted by Gasteiger charge is -2.11. The minimum Gasteiger partial charge on any atom is -0.497 e. The van der Waals surface area contributed by atoms with Gasteiger partial charge in [-0.3, -0.25) is 4.79 Å². The second-order valence-electron chi connectivity index (χ2n) is 7.74. The van der Waals surface area contributed by atoms with Crippen molar-refractivity contribution in [2.75, 3.05) is 32.4 Å². The average Bonchev–Trinajstić information content (AvgIpc) is 2.93. The monoisotopic (exact) mass is 536 g/mol. The number of benzene rings is 3. The van der Waals surface area contributed by atoms with Gasteiger partial charge in [-0.05, 0) is 66.7 Å². The van der Waals surface area contributed by atoms with Crippen LogP contribution in [0.25, 0.3) is 22.5 Å². The molecule has 0 aliphatic carbocycles. The Labute approximate surface area is 224 Å². The molecule has 1 heterocycles. The third-order valence-corrected chi connectivity index (χ3v) is 6.46. The third-order valence-electron chi connectivity index (χ3n) is 5.39. The van der Waals surface area contributed by atoms with Crippen LogP contribution in [-0.2, 0) is 4.79 Å². The molecular formula is C27H25ClN4O4S. The van der Waals surface area contributed by atoms with Crippen molar-refractivity contribution in [3.63, 3.8) is 0 Å². The van der Waals surface area contributed by atoms with Gasteiger partial charge in [0.15, 0.2) is 0 Å². The van der Waals surface area contributed by atoms with E-state index in [2.05, 4.69) is 15.5 Å². The Morgan fingerprint density at radius 3 is 2.05 bits per heavy atom. The molecule has 0 saturated carbocycles. The summed E-state index contributed by atoms with van der Waals surface area (Å²) in [6.07, 6.45) is 0.238. The zero-order chi connectivity index (χ0) is 26.2. The van der Waals surface area contributed by atoms with E-state index in [4.69, 9.17) is 30.8 Å². The Balaban J connectivity index is 1.51. The summed E-state index contributed by atoms with van der Waals surface area (Å²) in [4.78, 5) is 17.3. The van der Waals surface area contributed by atoms with Crippen molar-refractivity contribution in [2.24, 2.45) is 0 Å². The van der Waals surface area contributed by atoms with Crippen LogP contribution in [0.2, 0.25) is 5.02 Å². The first-order chi connectivity index (χ1) is 18.0. The number of ether oxygens (including phenoxy) is 3. The molecule has 0 aliphatic heterocycles. The molecule has 0 fully saturated rings. The summed E-state index contributed by atoms with van der Waals surface area (Å²) in [6.45, 7) is 0. The van der Waals surface area contributed by atoms with E-state index >= 15 is 0 Å². The van der Waals surface area contributed by atoms with E-state index in [0.29, 0.717) is 38.8 Å². The van der Waals surface area contributed by atoms with Crippen molar-refractivity contribution in [2.45, 2.75) is 11.6 Å². The van der Waals surface area contributed by atoms with Gasteiger partial charge in [0.25, 0.3) is 0 Å². The molecule has 0 aliphatic rings. The predicted molar refractivity (Wildman–Crippen MR) is 146 cm³/mol. The molecule has 8 nitrogen and oxygen atoms in total. The first-order valence-electron chi connectivity index (χ1n) is 11.3. The number of methoxy groups -OCH3 is 3. The highest BCUT2D eigenvalue weighted by Gasteiger charge is 2.15. The maximum absolute atomic E-state index is 12.5. The third kappa shape index (κ3) is 6.69. The van der Waals surface area contributed by atoms with E-state index in [1.54, 1.807) is 32.4 Å². The highest BCUT2D eigenvalue weighted by atomic mass is 35.5. The number of carbonyl (C=O) groups excluding carboxylic acids is 1. The maximum Gasteiger partial charge on any atom is 0.225 e. The lowest BCUT2D eigenvalue weighted by atomic mass is 10.0. The molecule has 3 aromatic carbocycles. The van der Waals surface area contributed by atoms with Gasteiger partial charge in [0.2, 0.25) is 11.1 Å². The molecule has 1 N–H and O–H groups in total. The van der Waals surface area contributed by atoms with Crippen LogP contribution in [0.5, 0.6) is 17.2 Å². The molecule has 0 unspecified atom stereocenters. The number of anilines is 1. The van der Waals surface area contributed by atoms with Crippen LogP contribution >= 0.6 is 23.4 Å². The number of hydrogen-bond donors (Lipinski definition) is 1. The number of amides is 1. The quantitative estimate of drug-likeness (QED) is 0.246. The molecule has 1 aromatic heterocycles. The number of rotatable bonds is 10. The van der Waals surface area contributed by atoms with Crippen molar-refractivity contribution in [3.05, 3.63) is 71.8 Å². The molecule has 10 heteroatoms. The number of thioether (sulfide) groups is 1. The first kappa shape index (κ1) is 26.2. The summed E-state index contributed by atoms with van der Waals surface area (Å²) >= 11 is 7.40. The molecule has 0 bridgehead atoms. The highest BCUT2D eigenvalue weighted by Crippen LogP contribution is 2.32. The fourth-order valence-electron chi connectivity index (χ4n) is 3.49. The van der Waals surface area contributed by atoms with Crippen LogP contribution in [-0.4, -0.2) is 48.2 Å². The fourth-order valence-corrected chi connectivity index (χ4v) is 4.39. The SMILES string of the molecule is COc1ccc(-c2nnc(SCCC(=O)Nc3cc(Cl)ccc3OC)nc2-c2ccc(OC)cc2)cc1. The van der Waals surface area contributed by atoms with Gasteiger partial charge < -0.3 is 19.5 Å². The zero-order valence-corrected chi connectivity index (χ0v) is 22.1. The lowest BCUT2D eigenvalue weighted by Crippen LogP contribution is -2.13. The molecule has 0 radical (unpaired) electrons. The number of carbonyl (C=O) groups is 1. The van der Waals surface area contributed by atoms with E-state index in [1.165, 1.54) is 18.9 Å². The molecule has 4 aromatic rings. The normalized spacial score (nSPS) is 10.6. The highest BCUT2D eigenvalue weighted by molar-refractivity contribution is 7.99. The fraction of sp³-hybridized carbons (Fsp3) is 0.185. The summed E-state index contributed by atoms with van der Waals surface area (Å²) in [5.41, 5.74) is 3.57. The van der Waals surface area contributed by atoms with Crippen LogP contribution in [0.15, 0.2) is 71.9 Å². The minimum atomic E-state index is -0.175. The van der Waals surface area contributed by atoms with Crippen molar-refractivity contribution in [1.82, 2.24) is 15.2 Å². The van der Waals surface area contributed by atoms with E-state index in [1.807, 2.05) is 48.5 Å². The van der Waals surface area contributed by atoms with Crippen LogP contribution in [0.1, 0.15) is 6.42 Å². The Morgan fingerprint density at radius 2 is 1.46 bits per heavy atom. The minimum absolute atomic E-state index is 0.175. The Kier molecular flexibility index (Phi) is 8.81. The summed E-state index contributed by atoms with van der Waals surface area (Å²) in [5.74, 6) is 2.31. The average molecular weight is 537 g/mol. The predicted octanol–water partition coefficient (Wildman–Crippen LogP) is 6.01. The Hall–Kier alpha value is -3.82. The number of nitrogens with one attached hydrogen (secondary N) is 1. The van der Waals surface area contributed by atoms with Gasteiger partial charge in [-0.15, -0.1) is 10.2 Å². The van der Waals surface area contributed by atoms with Crippen LogP contribution in [0.4, 0.5) is 5.69 Å². The van der Waals surface area contributed by atoms with Gasteiger partial charge in [0, 0.05) is 28.3 Å². The summed E-state index contributed by atoms with van der Waals surface area (Å²) in [6, 6.07) is 20.2. The zero-order valence-electron chi connectivity index (χ0n) is 20.5. The van der Waals surface area contributed by atoms with Gasteiger partial charge in [-0.25, -0.2) is 4.98 Å². The molecule has 0 saturated heterocycles. The standard InChI is InChI=1S/C27H25ClN4O4S/c1-34-20-9-4-17(5-10-20)25-26(18-6-11-21(35-2)12-7-18)31-32-27(30-25)37-15-14-24(33)29-22-16-19(28)8-13-23(22)36-3/h4-13,16H,14-15H2,1-3H3,(H,29,33). The van der Waals surface area contributed by atoms with Crippen molar-refractivity contribution < 1.29 is 19.0 Å². The van der Waals surface area contributed by atoms with Gasteiger partial charge in [0.1, 0.15) is 28.6 Å². The number of aromatic nitrogens is 3. The van der Waals surface area contributed by atoms with E-state index < -0.39 is 0 Å². The lowest BCUT2D eigenvalue weighted by molar-refractivity contribution is -0.115. The van der Waals surface area contributed by atoms with E-state index in [-0.39, 0.29) is 12.3 Å². The topological polar surface area (TPSA) is 95.5 Å². The summed E-state index contributed by atoms with van der Waals surface area (Å²) in [7, 11) is 4.78. The molecule has 1 amide bonds. The molecule has 0 spiro atoms. The molecule has 37 heavy (non-hydrogen) atoms. The van der Waals surface area contributed by atoms with Crippen molar-refractivity contribution in [1.29, 1.82) is 0 Å². The maximum atomic E-state index is 12.5. The number of hydrogen-bond acceptors (Lipinski definition) is 8. The molecule has 0 atom stereocenters. The molecular weight excluding hydrogens is 512 g/mol. The Bertz CT molecular complexity index is 1370. The Morgan fingerprint density at radius 1 is 0.838 bits per heavy atom. The summed E-state index contributed by atoms with van der Waals surface area (Å²) < 4.78 is 15.8. The van der Waals surface area contributed by atoms with Crippen molar-refractivity contribution in [3.8, 4) is 39.8 Å². The van der Waals surface area contributed by atoms with Crippen LogP contribution in [0.3, 0.4) is 0 Å². The van der Waals surface area contributed by atoms with E-state index in [0.717, 1.165) is 22.6 Å².